The van der Waals surface area contributed by atoms with Crippen molar-refractivity contribution in [1.82, 2.24) is 0 Å². The average molecular weight is 615 g/mol. The molecule has 0 bridgehead atoms. The molecule has 4 fully saturated rings. The summed E-state index contributed by atoms with van der Waals surface area (Å²) in [7, 11) is 0. The smallest absolute Gasteiger partial charge is 0.333 e. The minimum absolute atomic E-state index is 0.0309. The second kappa shape index (κ2) is 10.7. The summed E-state index contributed by atoms with van der Waals surface area (Å²) in [5.41, 5.74) is -1.12. The Morgan fingerprint density at radius 3 is 2.20 bits per heavy atom. The van der Waals surface area contributed by atoms with Crippen LogP contribution in [0.25, 0.3) is 0 Å². The third-order valence-electron chi connectivity index (χ3n) is 14.5. The summed E-state index contributed by atoms with van der Waals surface area (Å²) in [6.07, 6.45) is 6.40. The van der Waals surface area contributed by atoms with Crippen LogP contribution < -0.4 is 0 Å². The highest BCUT2D eigenvalue weighted by Crippen LogP contribution is 2.76. The predicted octanol–water partition coefficient (Wildman–Crippen LogP) is 6.14. The Morgan fingerprint density at radius 1 is 0.955 bits per heavy atom. The molecule has 0 aromatic heterocycles. The number of aliphatic hydroxyl groups excluding tert-OH is 3. The van der Waals surface area contributed by atoms with Gasteiger partial charge in [-0.1, -0.05) is 66.2 Å². The Bertz CT molecular complexity index is 1250. The third kappa shape index (κ3) is 4.37. The largest absolute Gasteiger partial charge is 0.459 e. The second-order valence-corrected chi connectivity index (χ2v) is 17.3. The molecule has 3 N–H and O–H groups in total. The number of ether oxygens (including phenoxy) is 2. The number of allylic oxidation sites excluding steroid dienone is 2. The second-order valence-electron chi connectivity index (χ2n) is 17.3. The quantitative estimate of drug-likeness (QED) is 0.198. The minimum atomic E-state index is -1.18. The highest BCUT2D eigenvalue weighted by molar-refractivity contribution is 5.87. The van der Waals surface area contributed by atoms with Crippen LogP contribution in [0.1, 0.15) is 114 Å². The molecule has 0 radical (unpaired) electrons. The van der Waals surface area contributed by atoms with E-state index in [-0.39, 0.29) is 46.2 Å². The van der Waals surface area contributed by atoms with Gasteiger partial charge in [-0.2, -0.15) is 0 Å². The first kappa shape index (κ1) is 33.7. The van der Waals surface area contributed by atoms with Crippen LogP contribution in [0.5, 0.6) is 0 Å². The number of aliphatic hydroxyl groups is 3. The Kier molecular flexibility index (Phi) is 8.16. The maximum atomic E-state index is 13.3. The van der Waals surface area contributed by atoms with Crippen molar-refractivity contribution in [2.75, 3.05) is 6.61 Å². The fourth-order valence-electron chi connectivity index (χ4n) is 11.8. The summed E-state index contributed by atoms with van der Waals surface area (Å²) in [5.74, 6) is -0.627. The number of carbonyl (C=O) groups is 2. The van der Waals surface area contributed by atoms with Gasteiger partial charge in [-0.25, -0.2) is 4.79 Å². The molecule has 11 atom stereocenters. The monoisotopic (exact) mass is 614 g/mol. The number of hydrogen-bond donors (Lipinski definition) is 3. The fourth-order valence-corrected chi connectivity index (χ4v) is 11.8. The summed E-state index contributed by atoms with van der Waals surface area (Å²) in [6.45, 7) is 20.2. The minimum Gasteiger partial charge on any atom is -0.459 e. The lowest BCUT2D eigenvalue weighted by Gasteiger charge is -2.73. The van der Waals surface area contributed by atoms with Crippen LogP contribution in [0, 0.1) is 50.2 Å². The fraction of sp³-hybridized carbons (Fsp3) is 0.838. The van der Waals surface area contributed by atoms with Crippen LogP contribution in [0.4, 0.5) is 0 Å². The summed E-state index contributed by atoms with van der Waals surface area (Å²) < 4.78 is 12.4. The Balaban J connectivity index is 1.70. The maximum Gasteiger partial charge on any atom is 0.333 e. The number of hydrogen-bond acceptors (Lipinski definition) is 7. The van der Waals surface area contributed by atoms with Gasteiger partial charge in [0.05, 0.1) is 18.1 Å². The average Bonchev–Trinajstić information content (AvgIpc) is 2.93. The van der Waals surface area contributed by atoms with Gasteiger partial charge < -0.3 is 24.8 Å². The van der Waals surface area contributed by atoms with Crippen LogP contribution in [0.2, 0.25) is 0 Å². The van der Waals surface area contributed by atoms with Gasteiger partial charge in [-0.05, 0) is 98.2 Å². The van der Waals surface area contributed by atoms with Gasteiger partial charge >= 0.3 is 11.9 Å². The Hall–Kier alpha value is -1.70. The van der Waals surface area contributed by atoms with Gasteiger partial charge in [0.15, 0.2) is 0 Å². The van der Waals surface area contributed by atoms with Crippen molar-refractivity contribution in [2.45, 2.75) is 139 Å². The number of esters is 2. The zero-order valence-electron chi connectivity index (χ0n) is 28.8. The molecule has 248 valence electrons. The first-order chi connectivity index (χ1) is 20.3. The molecule has 0 spiro atoms. The van der Waals surface area contributed by atoms with Crippen molar-refractivity contribution in [1.29, 1.82) is 0 Å². The standard InChI is InChI=1S/C37H58O7/c1-11-21(2)31(42)44-28-19-32(4,5)18-24-23-12-13-26-34(8)16-15-27(40)33(6,7)25(34)14-17-35(26,9)36(23,10)29(41)30(43-22(3)39)37(24,28)20-38/h11-12,24-30,38,40-41H,13-20H2,1-10H3/b21-11-/t24-,25-,26+,27-,28-,29-,30+,34-,35+,36-,37+/m0/s1. The van der Waals surface area contributed by atoms with Gasteiger partial charge in [-0.15, -0.1) is 0 Å². The van der Waals surface area contributed by atoms with Crippen LogP contribution >= 0.6 is 0 Å². The summed E-state index contributed by atoms with van der Waals surface area (Å²) in [5, 5.41) is 35.2. The number of rotatable bonds is 4. The molecule has 7 nitrogen and oxygen atoms in total. The zero-order chi connectivity index (χ0) is 32.8. The van der Waals surface area contributed by atoms with Gasteiger partial charge in [0.1, 0.15) is 18.3 Å². The Morgan fingerprint density at radius 2 is 1.61 bits per heavy atom. The van der Waals surface area contributed by atoms with E-state index in [1.807, 2.05) is 0 Å². The summed E-state index contributed by atoms with van der Waals surface area (Å²) in [6, 6.07) is 0. The lowest BCUT2D eigenvalue weighted by Crippen LogP contribution is -2.74. The van der Waals surface area contributed by atoms with Crippen LogP contribution in [0.3, 0.4) is 0 Å². The molecule has 4 saturated carbocycles. The molecule has 44 heavy (non-hydrogen) atoms. The predicted molar refractivity (Wildman–Crippen MR) is 169 cm³/mol. The Labute approximate surface area is 264 Å². The SMILES string of the molecule is C/C=C(/C)C(=O)O[C@H]1CC(C)(C)C[C@H]2C3=CC[C@@H]4[C@@]5(C)CC[C@H](O)C(C)(C)[C@@H]5CC[C@@]4(C)[C@]3(C)[C@@H](O)[C@@H](OC(C)=O)[C@@]12CO. The van der Waals surface area contributed by atoms with E-state index >= 15 is 0 Å². The topological polar surface area (TPSA) is 113 Å². The highest BCUT2D eigenvalue weighted by atomic mass is 16.6. The van der Waals surface area contributed by atoms with Crippen molar-refractivity contribution >= 4 is 11.9 Å². The van der Waals surface area contributed by atoms with Crippen molar-refractivity contribution in [3.05, 3.63) is 23.3 Å². The number of fused-ring (bicyclic) bond motifs is 7. The van der Waals surface area contributed by atoms with Gasteiger partial charge in [0.25, 0.3) is 0 Å². The molecule has 0 unspecified atom stereocenters. The van der Waals surface area contributed by atoms with E-state index in [1.165, 1.54) is 6.92 Å². The molecule has 0 aromatic rings. The number of carbonyl (C=O) groups excluding carboxylic acids is 2. The molecule has 0 saturated heterocycles. The molecule has 5 rings (SSSR count). The van der Waals surface area contributed by atoms with E-state index in [4.69, 9.17) is 9.47 Å². The highest BCUT2D eigenvalue weighted by Gasteiger charge is 2.75. The van der Waals surface area contributed by atoms with Crippen LogP contribution in [-0.4, -0.2) is 58.3 Å². The van der Waals surface area contributed by atoms with Crippen molar-refractivity contribution < 1.29 is 34.4 Å². The maximum absolute atomic E-state index is 13.3. The van der Waals surface area contributed by atoms with E-state index < -0.39 is 41.1 Å². The molecular formula is C37H58O7. The molecule has 5 aliphatic rings. The van der Waals surface area contributed by atoms with Gasteiger partial charge in [0.2, 0.25) is 0 Å². The molecule has 0 aliphatic heterocycles. The van der Waals surface area contributed by atoms with E-state index in [2.05, 4.69) is 54.5 Å². The lowest BCUT2D eigenvalue weighted by atomic mass is 9.32. The lowest BCUT2D eigenvalue weighted by molar-refractivity contribution is -0.278. The van der Waals surface area contributed by atoms with E-state index in [0.717, 1.165) is 44.1 Å². The molecule has 0 aromatic carbocycles. The van der Waals surface area contributed by atoms with E-state index in [1.54, 1.807) is 19.9 Å². The molecular weight excluding hydrogens is 556 g/mol. The van der Waals surface area contributed by atoms with Crippen molar-refractivity contribution in [3.8, 4) is 0 Å². The summed E-state index contributed by atoms with van der Waals surface area (Å²) in [4.78, 5) is 26.1. The first-order valence-electron chi connectivity index (χ1n) is 17.0. The van der Waals surface area contributed by atoms with Gasteiger partial charge in [0, 0.05) is 17.9 Å². The van der Waals surface area contributed by atoms with Crippen LogP contribution in [-0.2, 0) is 19.1 Å². The summed E-state index contributed by atoms with van der Waals surface area (Å²) >= 11 is 0. The first-order valence-corrected chi connectivity index (χ1v) is 17.0. The van der Waals surface area contributed by atoms with Crippen molar-refractivity contribution in [2.24, 2.45) is 50.2 Å². The molecule has 7 heteroatoms. The molecule has 0 heterocycles. The van der Waals surface area contributed by atoms with E-state index in [0.29, 0.717) is 17.9 Å². The molecule has 5 aliphatic carbocycles. The molecule has 0 amide bonds. The van der Waals surface area contributed by atoms with Crippen molar-refractivity contribution in [3.63, 3.8) is 0 Å². The van der Waals surface area contributed by atoms with Gasteiger partial charge in [-0.3, -0.25) is 4.79 Å². The third-order valence-corrected chi connectivity index (χ3v) is 14.5. The normalized spacial score (nSPS) is 47.6. The van der Waals surface area contributed by atoms with Crippen LogP contribution in [0.15, 0.2) is 23.3 Å². The zero-order valence-corrected chi connectivity index (χ0v) is 28.8. The van der Waals surface area contributed by atoms with E-state index in [9.17, 15) is 24.9 Å².